The van der Waals surface area contributed by atoms with Crippen LogP contribution in [-0.2, 0) is 9.53 Å². The average Bonchev–Trinajstić information content (AvgIpc) is 2.61. The summed E-state index contributed by atoms with van der Waals surface area (Å²) in [6.07, 6.45) is 10.9. The third kappa shape index (κ3) is 5.69. The first kappa shape index (κ1) is 20.2. The quantitative estimate of drug-likeness (QED) is 0.712. The number of hydrogen-bond donors (Lipinski definition) is 1. The summed E-state index contributed by atoms with van der Waals surface area (Å²) >= 11 is 6.55. The zero-order valence-electron chi connectivity index (χ0n) is 16.2. The lowest BCUT2D eigenvalue weighted by molar-refractivity contribution is -0.120. The highest BCUT2D eigenvalue weighted by molar-refractivity contribution is 6.33. The molecule has 5 nitrogen and oxygen atoms in total. The molecule has 1 N–H and O–H groups in total. The minimum Gasteiger partial charge on any atom is -0.476 e. The number of halogens is 1. The third-order valence-corrected chi connectivity index (χ3v) is 5.54. The number of ether oxygens (including phenoxy) is 2. The van der Waals surface area contributed by atoms with E-state index in [0.29, 0.717) is 30.0 Å². The monoisotopic (exact) mass is 392 g/mol. The van der Waals surface area contributed by atoms with Crippen molar-refractivity contribution in [2.75, 3.05) is 13.2 Å². The molecule has 0 radical (unpaired) electrons. The summed E-state index contributed by atoms with van der Waals surface area (Å²) in [5.74, 6) is 0.965. The van der Waals surface area contributed by atoms with Gasteiger partial charge in [0, 0.05) is 24.7 Å². The smallest absolute Gasteiger partial charge is 0.233 e. The molecule has 1 aromatic heterocycles. The normalized spacial score (nSPS) is 23.1. The van der Waals surface area contributed by atoms with Crippen LogP contribution in [0, 0.1) is 5.92 Å². The first-order valence-electron chi connectivity index (χ1n) is 9.88. The standard InChI is InChI=1S/C21H29ClN2O3/c1-14(24-15(2)25)12-26-18-10-16(11-18)13-27-21-20(22)19(8-9-23-21)17-6-4-3-5-7-17/h6,8-9,14,16,18H,3-5,7,10-13H2,1-2H3,(H,24,25)/t14-,16-,18-/m0/s1. The number of hydrogen-bond acceptors (Lipinski definition) is 4. The van der Waals surface area contributed by atoms with Gasteiger partial charge in [-0.3, -0.25) is 4.79 Å². The molecule has 2 aliphatic carbocycles. The number of amides is 1. The number of nitrogens with one attached hydrogen (secondary N) is 1. The second-order valence-corrected chi connectivity index (χ2v) is 8.04. The molecule has 2 aliphatic rings. The van der Waals surface area contributed by atoms with Gasteiger partial charge < -0.3 is 14.8 Å². The van der Waals surface area contributed by atoms with E-state index in [4.69, 9.17) is 21.1 Å². The Balaban J connectivity index is 1.43. The molecule has 27 heavy (non-hydrogen) atoms. The van der Waals surface area contributed by atoms with Gasteiger partial charge in [0.05, 0.1) is 19.3 Å². The molecule has 0 unspecified atom stereocenters. The Morgan fingerprint density at radius 3 is 2.93 bits per heavy atom. The minimum absolute atomic E-state index is 0.0263. The van der Waals surface area contributed by atoms with Crippen LogP contribution in [0.25, 0.3) is 5.57 Å². The summed E-state index contributed by atoms with van der Waals surface area (Å²) in [6, 6.07) is 2.02. The van der Waals surface area contributed by atoms with E-state index < -0.39 is 0 Å². The molecule has 0 saturated heterocycles. The van der Waals surface area contributed by atoms with E-state index in [2.05, 4.69) is 16.4 Å². The molecule has 6 heteroatoms. The van der Waals surface area contributed by atoms with Gasteiger partial charge in [-0.1, -0.05) is 17.7 Å². The summed E-state index contributed by atoms with van der Waals surface area (Å²) < 4.78 is 11.7. The van der Waals surface area contributed by atoms with Crippen LogP contribution in [0.5, 0.6) is 5.88 Å². The summed E-state index contributed by atoms with van der Waals surface area (Å²) in [5.41, 5.74) is 2.37. The average molecular weight is 393 g/mol. The van der Waals surface area contributed by atoms with Gasteiger partial charge >= 0.3 is 0 Å². The predicted octanol–water partition coefficient (Wildman–Crippen LogP) is 4.39. The number of carbonyl (C=O) groups excluding carboxylic acids is 1. The lowest BCUT2D eigenvalue weighted by Crippen LogP contribution is -2.40. The molecule has 1 atom stereocenters. The zero-order valence-corrected chi connectivity index (χ0v) is 16.9. The minimum atomic E-state index is -0.0263. The van der Waals surface area contributed by atoms with Crippen molar-refractivity contribution in [1.29, 1.82) is 0 Å². The van der Waals surface area contributed by atoms with Gasteiger partial charge in [-0.25, -0.2) is 4.98 Å². The fraction of sp³-hybridized carbons (Fsp3) is 0.619. The van der Waals surface area contributed by atoms with Crippen LogP contribution < -0.4 is 10.1 Å². The van der Waals surface area contributed by atoms with Gasteiger partial charge in [0.1, 0.15) is 5.02 Å². The SMILES string of the molecule is CC(=O)N[C@@H](C)CO[C@H]1C[C@H](COc2nccc(C3=CCCCC3)c2Cl)C1. The van der Waals surface area contributed by atoms with E-state index in [1.165, 1.54) is 25.3 Å². The van der Waals surface area contributed by atoms with Crippen molar-refractivity contribution in [1.82, 2.24) is 10.3 Å². The molecule has 1 aromatic rings. The van der Waals surface area contributed by atoms with Crippen LogP contribution in [0.2, 0.25) is 5.02 Å². The first-order valence-corrected chi connectivity index (χ1v) is 10.3. The second kappa shape index (κ2) is 9.56. The Hall–Kier alpha value is -1.59. The zero-order chi connectivity index (χ0) is 19.2. The molecule has 0 bridgehead atoms. The molecule has 0 aromatic carbocycles. The first-order chi connectivity index (χ1) is 13.0. The number of aromatic nitrogens is 1. The van der Waals surface area contributed by atoms with Gasteiger partial charge in [-0.2, -0.15) is 0 Å². The van der Waals surface area contributed by atoms with Crippen molar-refractivity contribution in [2.45, 2.75) is 64.5 Å². The van der Waals surface area contributed by atoms with Gasteiger partial charge in [0.15, 0.2) is 0 Å². The molecule has 1 heterocycles. The predicted molar refractivity (Wildman–Crippen MR) is 107 cm³/mol. The fourth-order valence-corrected chi connectivity index (χ4v) is 3.96. The maximum absolute atomic E-state index is 11.0. The number of nitrogens with zero attached hydrogens (tertiary/aromatic N) is 1. The number of allylic oxidation sites excluding steroid dienone is 2. The Morgan fingerprint density at radius 1 is 1.41 bits per heavy atom. The van der Waals surface area contributed by atoms with Crippen molar-refractivity contribution in [3.05, 3.63) is 28.9 Å². The van der Waals surface area contributed by atoms with Crippen LogP contribution in [0.1, 0.15) is 57.9 Å². The Morgan fingerprint density at radius 2 is 2.22 bits per heavy atom. The van der Waals surface area contributed by atoms with E-state index in [1.807, 2.05) is 13.0 Å². The molecule has 1 amide bonds. The van der Waals surface area contributed by atoms with Gasteiger partial charge in [-0.05, 0) is 63.0 Å². The Labute approximate surface area is 166 Å². The summed E-state index contributed by atoms with van der Waals surface area (Å²) in [7, 11) is 0. The summed E-state index contributed by atoms with van der Waals surface area (Å²) in [6.45, 7) is 4.62. The lowest BCUT2D eigenvalue weighted by Gasteiger charge is -2.35. The van der Waals surface area contributed by atoms with E-state index in [0.717, 1.165) is 31.2 Å². The van der Waals surface area contributed by atoms with Crippen LogP contribution >= 0.6 is 11.6 Å². The topological polar surface area (TPSA) is 60.5 Å². The van der Waals surface area contributed by atoms with Gasteiger partial charge in [-0.15, -0.1) is 0 Å². The molecule has 148 valence electrons. The summed E-state index contributed by atoms with van der Waals surface area (Å²) in [5, 5.41) is 3.45. The van der Waals surface area contributed by atoms with Crippen molar-refractivity contribution in [2.24, 2.45) is 5.92 Å². The van der Waals surface area contributed by atoms with E-state index >= 15 is 0 Å². The molecule has 1 saturated carbocycles. The molecule has 3 rings (SSSR count). The number of pyridine rings is 1. The Bertz CT molecular complexity index is 686. The van der Waals surface area contributed by atoms with Crippen molar-refractivity contribution in [3.8, 4) is 5.88 Å². The molecular weight excluding hydrogens is 364 g/mol. The van der Waals surface area contributed by atoms with Crippen molar-refractivity contribution >= 4 is 23.1 Å². The molecule has 0 spiro atoms. The molecular formula is C21H29ClN2O3. The Kier molecular flexibility index (Phi) is 7.13. The van der Waals surface area contributed by atoms with Gasteiger partial charge in [0.25, 0.3) is 0 Å². The third-order valence-electron chi connectivity index (χ3n) is 5.17. The van der Waals surface area contributed by atoms with E-state index in [9.17, 15) is 4.79 Å². The molecule has 1 fully saturated rings. The number of carbonyl (C=O) groups is 1. The highest BCUT2D eigenvalue weighted by Gasteiger charge is 2.31. The molecule has 0 aliphatic heterocycles. The maximum atomic E-state index is 11.0. The maximum Gasteiger partial charge on any atom is 0.233 e. The van der Waals surface area contributed by atoms with Crippen LogP contribution in [0.3, 0.4) is 0 Å². The van der Waals surface area contributed by atoms with Crippen LogP contribution in [0.4, 0.5) is 0 Å². The lowest BCUT2D eigenvalue weighted by atomic mass is 9.83. The van der Waals surface area contributed by atoms with Crippen molar-refractivity contribution < 1.29 is 14.3 Å². The van der Waals surface area contributed by atoms with E-state index in [-0.39, 0.29) is 18.1 Å². The van der Waals surface area contributed by atoms with Gasteiger partial charge in [0.2, 0.25) is 11.8 Å². The highest BCUT2D eigenvalue weighted by atomic mass is 35.5. The highest BCUT2D eigenvalue weighted by Crippen LogP contribution is 2.36. The number of rotatable bonds is 8. The van der Waals surface area contributed by atoms with Crippen LogP contribution in [-0.4, -0.2) is 36.3 Å². The fourth-order valence-electron chi connectivity index (χ4n) is 3.67. The summed E-state index contributed by atoms with van der Waals surface area (Å²) in [4.78, 5) is 15.3. The largest absolute Gasteiger partial charge is 0.476 e. The van der Waals surface area contributed by atoms with Crippen LogP contribution in [0.15, 0.2) is 18.3 Å². The van der Waals surface area contributed by atoms with E-state index in [1.54, 1.807) is 6.20 Å². The second-order valence-electron chi connectivity index (χ2n) is 7.66. The van der Waals surface area contributed by atoms with Crippen molar-refractivity contribution in [3.63, 3.8) is 0 Å².